The van der Waals surface area contributed by atoms with Crippen molar-refractivity contribution in [3.8, 4) is 0 Å². The standard InChI is InChI=1S/C17H25NO3/c1-4-20-11-15-8-6-5-7-14(15)10-18-17(19)16-12(2)9-13(3)21-16/h5-8,12-13,16H,4,9-11H2,1-3H3,(H,18,19)/t12-,13+,16+/m0/s1. The lowest BCUT2D eigenvalue weighted by atomic mass is 10.0. The Labute approximate surface area is 126 Å². The van der Waals surface area contributed by atoms with E-state index < -0.39 is 0 Å². The number of hydrogen-bond donors (Lipinski definition) is 1. The minimum Gasteiger partial charge on any atom is -0.377 e. The number of amides is 1. The SMILES string of the molecule is CCOCc1ccccc1CNC(=O)[C@@H]1O[C@H](C)C[C@@H]1C. The number of nitrogens with one attached hydrogen (secondary N) is 1. The largest absolute Gasteiger partial charge is 0.377 e. The lowest BCUT2D eigenvalue weighted by Gasteiger charge is -2.16. The Balaban J connectivity index is 1.92. The molecule has 0 radical (unpaired) electrons. The molecule has 0 bridgehead atoms. The fourth-order valence-corrected chi connectivity index (χ4v) is 2.77. The molecule has 1 aromatic carbocycles. The molecule has 1 heterocycles. The maximum absolute atomic E-state index is 12.2. The zero-order chi connectivity index (χ0) is 15.2. The van der Waals surface area contributed by atoms with Gasteiger partial charge in [-0.05, 0) is 37.3 Å². The van der Waals surface area contributed by atoms with Crippen LogP contribution in [0.1, 0.15) is 38.3 Å². The predicted molar refractivity (Wildman–Crippen MR) is 81.7 cm³/mol. The normalized spacial score (nSPS) is 25.0. The molecule has 3 atom stereocenters. The van der Waals surface area contributed by atoms with Gasteiger partial charge in [-0.1, -0.05) is 31.2 Å². The highest BCUT2D eigenvalue weighted by molar-refractivity contribution is 5.81. The quantitative estimate of drug-likeness (QED) is 0.876. The van der Waals surface area contributed by atoms with Crippen LogP contribution in [0.3, 0.4) is 0 Å². The molecule has 1 aliphatic heterocycles. The van der Waals surface area contributed by atoms with Crippen LogP contribution >= 0.6 is 0 Å². The first-order valence-electron chi connectivity index (χ1n) is 7.69. The highest BCUT2D eigenvalue weighted by Crippen LogP contribution is 2.25. The van der Waals surface area contributed by atoms with E-state index in [0.717, 1.165) is 17.5 Å². The minimum atomic E-state index is -0.320. The molecule has 1 aliphatic rings. The van der Waals surface area contributed by atoms with Gasteiger partial charge in [0.1, 0.15) is 6.10 Å². The number of benzene rings is 1. The van der Waals surface area contributed by atoms with E-state index in [0.29, 0.717) is 19.8 Å². The van der Waals surface area contributed by atoms with Gasteiger partial charge in [-0.2, -0.15) is 0 Å². The zero-order valence-corrected chi connectivity index (χ0v) is 13.1. The summed E-state index contributed by atoms with van der Waals surface area (Å²) in [5, 5.41) is 2.99. The van der Waals surface area contributed by atoms with Gasteiger partial charge in [0.15, 0.2) is 0 Å². The van der Waals surface area contributed by atoms with Gasteiger partial charge in [0.05, 0.1) is 12.7 Å². The van der Waals surface area contributed by atoms with E-state index in [1.54, 1.807) is 0 Å². The second-order valence-electron chi connectivity index (χ2n) is 5.70. The van der Waals surface area contributed by atoms with Crippen LogP contribution in [0.15, 0.2) is 24.3 Å². The van der Waals surface area contributed by atoms with Crippen LogP contribution in [0.25, 0.3) is 0 Å². The third kappa shape index (κ3) is 4.29. The second-order valence-corrected chi connectivity index (χ2v) is 5.70. The van der Waals surface area contributed by atoms with Crippen LogP contribution in [0, 0.1) is 5.92 Å². The second kappa shape index (κ2) is 7.57. The summed E-state index contributed by atoms with van der Waals surface area (Å²) < 4.78 is 11.1. The smallest absolute Gasteiger partial charge is 0.249 e. The molecule has 1 fully saturated rings. The lowest BCUT2D eigenvalue weighted by molar-refractivity contribution is -0.133. The Morgan fingerprint density at radius 3 is 2.67 bits per heavy atom. The number of carbonyl (C=O) groups is 1. The molecule has 0 spiro atoms. The van der Waals surface area contributed by atoms with Gasteiger partial charge < -0.3 is 14.8 Å². The molecule has 4 nitrogen and oxygen atoms in total. The van der Waals surface area contributed by atoms with Crippen LogP contribution in [0.2, 0.25) is 0 Å². The molecule has 21 heavy (non-hydrogen) atoms. The Hall–Kier alpha value is -1.39. The van der Waals surface area contributed by atoms with Crippen molar-refractivity contribution < 1.29 is 14.3 Å². The number of rotatable bonds is 6. The van der Waals surface area contributed by atoms with Crippen molar-refractivity contribution in [2.75, 3.05) is 6.61 Å². The summed E-state index contributed by atoms with van der Waals surface area (Å²) in [7, 11) is 0. The highest BCUT2D eigenvalue weighted by Gasteiger charge is 2.34. The van der Waals surface area contributed by atoms with Crippen LogP contribution < -0.4 is 5.32 Å². The Bertz CT molecular complexity index is 475. The first-order chi connectivity index (χ1) is 10.1. The van der Waals surface area contributed by atoms with Crippen molar-refractivity contribution in [3.05, 3.63) is 35.4 Å². The topological polar surface area (TPSA) is 47.6 Å². The van der Waals surface area contributed by atoms with Gasteiger partial charge >= 0.3 is 0 Å². The average molecular weight is 291 g/mol. The van der Waals surface area contributed by atoms with Crippen molar-refractivity contribution in [1.29, 1.82) is 0 Å². The van der Waals surface area contributed by atoms with Crippen molar-refractivity contribution in [2.45, 2.75) is 52.6 Å². The summed E-state index contributed by atoms with van der Waals surface area (Å²) in [5.74, 6) is 0.261. The Morgan fingerprint density at radius 1 is 1.33 bits per heavy atom. The molecule has 1 amide bonds. The summed E-state index contributed by atoms with van der Waals surface area (Å²) >= 11 is 0. The van der Waals surface area contributed by atoms with E-state index in [4.69, 9.17) is 9.47 Å². The molecule has 1 aromatic rings. The van der Waals surface area contributed by atoms with Crippen LogP contribution in [0.4, 0.5) is 0 Å². The third-order valence-corrected chi connectivity index (χ3v) is 3.89. The van der Waals surface area contributed by atoms with Crippen LogP contribution in [-0.4, -0.2) is 24.7 Å². The molecule has 116 valence electrons. The summed E-state index contributed by atoms with van der Waals surface area (Å²) in [6.45, 7) is 7.84. The zero-order valence-electron chi connectivity index (χ0n) is 13.1. The van der Waals surface area contributed by atoms with Crippen LogP contribution in [0.5, 0.6) is 0 Å². The highest BCUT2D eigenvalue weighted by atomic mass is 16.5. The number of hydrogen-bond acceptors (Lipinski definition) is 3. The van der Waals surface area contributed by atoms with E-state index in [2.05, 4.69) is 12.2 Å². The average Bonchev–Trinajstić information content (AvgIpc) is 2.82. The van der Waals surface area contributed by atoms with Gasteiger partial charge in [0.2, 0.25) is 5.91 Å². The number of ether oxygens (including phenoxy) is 2. The first-order valence-corrected chi connectivity index (χ1v) is 7.69. The molecule has 4 heteroatoms. The van der Waals surface area contributed by atoms with Gasteiger partial charge in [0.25, 0.3) is 0 Å². The monoisotopic (exact) mass is 291 g/mol. The summed E-state index contributed by atoms with van der Waals surface area (Å²) in [4.78, 5) is 12.2. The molecule has 1 N–H and O–H groups in total. The maximum atomic E-state index is 12.2. The summed E-state index contributed by atoms with van der Waals surface area (Å²) in [6.07, 6.45) is 0.791. The minimum absolute atomic E-state index is 0.0157. The Morgan fingerprint density at radius 2 is 2.05 bits per heavy atom. The summed E-state index contributed by atoms with van der Waals surface area (Å²) in [5.41, 5.74) is 2.21. The first kappa shape index (κ1) is 16.0. The molecule has 0 aliphatic carbocycles. The van der Waals surface area contributed by atoms with Crippen LogP contribution in [-0.2, 0) is 27.4 Å². The van der Waals surface area contributed by atoms with Gasteiger partial charge in [-0.3, -0.25) is 4.79 Å². The number of carbonyl (C=O) groups excluding carboxylic acids is 1. The fraction of sp³-hybridized carbons (Fsp3) is 0.588. The molecular weight excluding hydrogens is 266 g/mol. The van der Waals surface area contributed by atoms with E-state index in [-0.39, 0.29) is 24.0 Å². The van der Waals surface area contributed by atoms with E-state index >= 15 is 0 Å². The predicted octanol–water partition coefficient (Wildman–Crippen LogP) is 2.65. The summed E-state index contributed by atoms with van der Waals surface area (Å²) in [6, 6.07) is 8.03. The van der Waals surface area contributed by atoms with Crippen molar-refractivity contribution in [2.24, 2.45) is 5.92 Å². The van der Waals surface area contributed by atoms with E-state index in [9.17, 15) is 4.79 Å². The van der Waals surface area contributed by atoms with Crippen molar-refractivity contribution >= 4 is 5.91 Å². The molecule has 0 aromatic heterocycles. The van der Waals surface area contributed by atoms with E-state index in [1.807, 2.05) is 38.1 Å². The Kier molecular flexibility index (Phi) is 5.76. The molecular formula is C17H25NO3. The fourth-order valence-electron chi connectivity index (χ4n) is 2.77. The molecule has 0 saturated carbocycles. The maximum Gasteiger partial charge on any atom is 0.249 e. The van der Waals surface area contributed by atoms with Gasteiger partial charge in [0, 0.05) is 13.2 Å². The van der Waals surface area contributed by atoms with E-state index in [1.165, 1.54) is 0 Å². The van der Waals surface area contributed by atoms with Gasteiger partial charge in [-0.15, -0.1) is 0 Å². The van der Waals surface area contributed by atoms with Crippen molar-refractivity contribution in [3.63, 3.8) is 0 Å². The van der Waals surface area contributed by atoms with Crippen molar-refractivity contribution in [1.82, 2.24) is 5.32 Å². The lowest BCUT2D eigenvalue weighted by Crippen LogP contribution is -2.37. The molecule has 0 unspecified atom stereocenters. The van der Waals surface area contributed by atoms with Gasteiger partial charge in [-0.25, -0.2) is 0 Å². The molecule has 1 saturated heterocycles. The third-order valence-electron chi connectivity index (χ3n) is 3.89. The molecule has 2 rings (SSSR count).